The maximum atomic E-state index is 10.9. The zero-order chi connectivity index (χ0) is 12.6. The third-order valence-corrected chi connectivity index (χ3v) is 3.59. The maximum absolute atomic E-state index is 10.9. The average molecular weight is 266 g/mol. The van der Waals surface area contributed by atoms with Crippen LogP contribution < -0.4 is 5.73 Å². The standard InChI is InChI=1S/C7H8NO6S2/c8-4-5-1-2-6(15(9,10)11)3-7(5)16(12,13)14/h1-3,8H,4H2,(H,9,10,11)(H,12,13,14). The number of nitrogens with one attached hydrogen (secondary N) is 1. The molecule has 0 aliphatic rings. The van der Waals surface area contributed by atoms with Gasteiger partial charge in [0.15, 0.2) is 0 Å². The Morgan fingerprint density at radius 1 is 1.06 bits per heavy atom. The summed E-state index contributed by atoms with van der Waals surface area (Å²) in [5.41, 5.74) is 6.94. The molecule has 0 aliphatic heterocycles. The molecule has 3 N–H and O–H groups in total. The molecule has 0 aliphatic carbocycles. The highest BCUT2D eigenvalue weighted by atomic mass is 32.2. The van der Waals surface area contributed by atoms with Crippen LogP contribution >= 0.6 is 0 Å². The molecule has 0 bridgehead atoms. The summed E-state index contributed by atoms with van der Waals surface area (Å²) in [6.45, 7) is -0.444. The highest BCUT2D eigenvalue weighted by molar-refractivity contribution is 7.86. The summed E-state index contributed by atoms with van der Waals surface area (Å²) in [5, 5.41) is 0. The normalized spacial score (nSPS) is 12.7. The molecule has 16 heavy (non-hydrogen) atoms. The molecule has 9 heteroatoms. The fourth-order valence-electron chi connectivity index (χ4n) is 1.08. The highest BCUT2D eigenvalue weighted by Gasteiger charge is 2.19. The Hall–Kier alpha value is -1.00. The van der Waals surface area contributed by atoms with Gasteiger partial charge in [-0.1, -0.05) is 6.07 Å². The maximum Gasteiger partial charge on any atom is 0.294 e. The summed E-state index contributed by atoms with van der Waals surface area (Å²) in [4.78, 5) is -1.35. The Labute approximate surface area is 92.4 Å². The smallest absolute Gasteiger partial charge is 0.282 e. The first-order valence-corrected chi connectivity index (χ1v) is 6.77. The molecule has 7 nitrogen and oxygen atoms in total. The Bertz CT molecular complexity index is 604. The Morgan fingerprint density at radius 2 is 1.62 bits per heavy atom. The van der Waals surface area contributed by atoms with Crippen LogP contribution in [-0.2, 0) is 26.8 Å². The minimum absolute atomic E-state index is 0.0603. The van der Waals surface area contributed by atoms with E-state index in [1.54, 1.807) is 0 Å². The van der Waals surface area contributed by atoms with E-state index in [4.69, 9.17) is 14.8 Å². The molecule has 1 aromatic rings. The fourth-order valence-corrected chi connectivity index (χ4v) is 2.41. The number of hydrogen-bond donors (Lipinski definition) is 2. The van der Waals surface area contributed by atoms with Gasteiger partial charge in [0.05, 0.1) is 9.79 Å². The van der Waals surface area contributed by atoms with Gasteiger partial charge in [0.25, 0.3) is 20.2 Å². The van der Waals surface area contributed by atoms with Gasteiger partial charge in [-0.05, 0) is 17.7 Å². The third kappa shape index (κ3) is 2.77. The minimum Gasteiger partial charge on any atom is -0.282 e. The molecule has 89 valence electrons. The van der Waals surface area contributed by atoms with Gasteiger partial charge in [-0.25, -0.2) is 0 Å². The van der Waals surface area contributed by atoms with Crippen molar-refractivity contribution in [2.75, 3.05) is 0 Å². The number of benzene rings is 1. The van der Waals surface area contributed by atoms with Crippen molar-refractivity contribution in [3.05, 3.63) is 23.8 Å². The van der Waals surface area contributed by atoms with Crippen molar-refractivity contribution in [1.29, 1.82) is 0 Å². The van der Waals surface area contributed by atoms with Crippen LogP contribution in [0.2, 0.25) is 0 Å². The van der Waals surface area contributed by atoms with Crippen molar-refractivity contribution < 1.29 is 25.9 Å². The molecule has 0 saturated carbocycles. The van der Waals surface area contributed by atoms with Gasteiger partial charge in [0.2, 0.25) is 0 Å². The SMILES string of the molecule is [NH]Cc1ccc(S(=O)(=O)O)cc1S(=O)(=O)O. The van der Waals surface area contributed by atoms with E-state index >= 15 is 0 Å². The molecule has 1 aromatic carbocycles. The lowest BCUT2D eigenvalue weighted by atomic mass is 10.2. The molecule has 0 fully saturated rings. The average Bonchev–Trinajstić information content (AvgIpc) is 2.14. The van der Waals surface area contributed by atoms with Crippen LogP contribution in [0.5, 0.6) is 0 Å². The molecular formula is C7H8NO6S2. The number of rotatable bonds is 3. The summed E-state index contributed by atoms with van der Waals surface area (Å²) in [5.74, 6) is 0. The first kappa shape index (κ1) is 13.1. The van der Waals surface area contributed by atoms with Crippen LogP contribution in [0.15, 0.2) is 28.0 Å². The van der Waals surface area contributed by atoms with Crippen LogP contribution in [0.3, 0.4) is 0 Å². The van der Waals surface area contributed by atoms with Crippen molar-refractivity contribution in [2.45, 2.75) is 16.3 Å². The van der Waals surface area contributed by atoms with Gasteiger partial charge >= 0.3 is 0 Å². The second kappa shape index (κ2) is 4.11. The fraction of sp³-hybridized carbons (Fsp3) is 0.143. The molecule has 0 saturated heterocycles. The largest absolute Gasteiger partial charge is 0.294 e. The van der Waals surface area contributed by atoms with E-state index in [1.807, 2.05) is 0 Å². The first-order valence-electron chi connectivity index (χ1n) is 3.89. The van der Waals surface area contributed by atoms with Crippen molar-refractivity contribution in [2.24, 2.45) is 0 Å². The predicted octanol–water partition coefficient (Wildman–Crippen LogP) is -0.0371. The van der Waals surface area contributed by atoms with Crippen molar-refractivity contribution in [3.63, 3.8) is 0 Å². The van der Waals surface area contributed by atoms with E-state index < -0.39 is 36.6 Å². The van der Waals surface area contributed by atoms with Crippen LogP contribution in [0.1, 0.15) is 5.56 Å². The monoisotopic (exact) mass is 266 g/mol. The lowest BCUT2D eigenvalue weighted by molar-refractivity contribution is 0.480. The minimum atomic E-state index is -4.62. The molecule has 0 atom stereocenters. The molecule has 0 spiro atoms. The third-order valence-electron chi connectivity index (χ3n) is 1.80. The molecule has 0 amide bonds. The van der Waals surface area contributed by atoms with E-state index in [0.29, 0.717) is 6.07 Å². The first-order chi connectivity index (χ1) is 7.16. The van der Waals surface area contributed by atoms with E-state index in [9.17, 15) is 16.8 Å². The van der Waals surface area contributed by atoms with Crippen molar-refractivity contribution in [1.82, 2.24) is 5.73 Å². The summed E-state index contributed by atoms with van der Waals surface area (Å²) in [6.07, 6.45) is 0. The van der Waals surface area contributed by atoms with Crippen LogP contribution in [0, 0.1) is 0 Å². The van der Waals surface area contributed by atoms with Crippen LogP contribution in [0.25, 0.3) is 0 Å². The van der Waals surface area contributed by atoms with Crippen LogP contribution in [0.4, 0.5) is 0 Å². The summed E-state index contributed by atoms with van der Waals surface area (Å²) in [6, 6.07) is 2.60. The Balaban J connectivity index is 3.58. The van der Waals surface area contributed by atoms with Gasteiger partial charge in [0, 0.05) is 6.54 Å². The van der Waals surface area contributed by atoms with Gasteiger partial charge in [-0.2, -0.15) is 16.8 Å². The zero-order valence-corrected chi connectivity index (χ0v) is 9.42. The van der Waals surface area contributed by atoms with E-state index in [-0.39, 0.29) is 5.56 Å². The molecule has 0 heterocycles. The Morgan fingerprint density at radius 3 is 2.00 bits per heavy atom. The van der Waals surface area contributed by atoms with E-state index in [1.165, 1.54) is 0 Å². The molecular weight excluding hydrogens is 258 g/mol. The second-order valence-corrected chi connectivity index (χ2v) is 5.71. The summed E-state index contributed by atoms with van der Waals surface area (Å²) in [7, 11) is -9.17. The van der Waals surface area contributed by atoms with Gasteiger partial charge in [-0.3, -0.25) is 14.8 Å². The van der Waals surface area contributed by atoms with E-state index in [2.05, 4.69) is 0 Å². The Kier molecular flexibility index (Phi) is 3.35. The van der Waals surface area contributed by atoms with E-state index in [0.717, 1.165) is 12.1 Å². The second-order valence-electron chi connectivity index (χ2n) is 2.90. The lowest BCUT2D eigenvalue weighted by Gasteiger charge is -2.05. The highest BCUT2D eigenvalue weighted by Crippen LogP contribution is 2.20. The molecule has 1 radical (unpaired) electrons. The topological polar surface area (TPSA) is 133 Å². The van der Waals surface area contributed by atoms with Crippen LogP contribution in [-0.4, -0.2) is 25.9 Å². The molecule has 0 unspecified atom stereocenters. The van der Waals surface area contributed by atoms with Crippen molar-refractivity contribution in [3.8, 4) is 0 Å². The van der Waals surface area contributed by atoms with Crippen molar-refractivity contribution >= 4 is 20.2 Å². The molecule has 0 aromatic heterocycles. The number of hydrogen-bond acceptors (Lipinski definition) is 4. The summed E-state index contributed by atoms with van der Waals surface area (Å²) >= 11 is 0. The summed E-state index contributed by atoms with van der Waals surface area (Å²) < 4.78 is 60.8. The lowest BCUT2D eigenvalue weighted by Crippen LogP contribution is -2.07. The molecule has 1 rings (SSSR count). The van der Waals surface area contributed by atoms with Gasteiger partial charge in [-0.15, -0.1) is 0 Å². The van der Waals surface area contributed by atoms with Gasteiger partial charge < -0.3 is 0 Å². The predicted molar refractivity (Wildman–Crippen MR) is 52.9 cm³/mol. The van der Waals surface area contributed by atoms with Gasteiger partial charge in [0.1, 0.15) is 0 Å². The zero-order valence-electron chi connectivity index (χ0n) is 7.78. The quantitative estimate of drug-likeness (QED) is 0.738.